The van der Waals surface area contributed by atoms with Gasteiger partial charge in [-0.15, -0.1) is 11.3 Å². The number of sulfone groups is 1. The number of halogens is 1. The van der Waals surface area contributed by atoms with Gasteiger partial charge < -0.3 is 20.9 Å². The molecule has 1 amide bonds. The standard InChI is InChI=1S/C21H25ClN6O3S2/c1-13(2)33(30,31)20-17(9-10-32-20)26-19-16(22)11-23-21(27-19)25-15-7-5-14(6-8-15)24-18(29)12-28(3)4/h5-11,13H,12H2,1-4H3,(H,24,29)(H2,23,25,26,27). The van der Waals surface area contributed by atoms with Crippen molar-refractivity contribution in [3.8, 4) is 0 Å². The fourth-order valence-corrected chi connectivity index (χ4v) is 5.57. The number of rotatable bonds is 9. The highest BCUT2D eigenvalue weighted by Crippen LogP contribution is 2.34. The molecular weight excluding hydrogens is 484 g/mol. The zero-order valence-electron chi connectivity index (χ0n) is 18.6. The van der Waals surface area contributed by atoms with Gasteiger partial charge in [0, 0.05) is 11.4 Å². The number of nitrogens with zero attached hydrogens (tertiary/aromatic N) is 3. The molecule has 0 unspecified atom stereocenters. The molecule has 176 valence electrons. The number of carbonyl (C=O) groups is 1. The van der Waals surface area contributed by atoms with E-state index in [0.29, 0.717) is 23.6 Å². The van der Waals surface area contributed by atoms with Crippen molar-refractivity contribution >= 4 is 67.5 Å². The smallest absolute Gasteiger partial charge is 0.238 e. The number of hydrogen-bond donors (Lipinski definition) is 3. The largest absolute Gasteiger partial charge is 0.337 e. The molecule has 33 heavy (non-hydrogen) atoms. The number of amides is 1. The van der Waals surface area contributed by atoms with Crippen LogP contribution < -0.4 is 16.0 Å². The van der Waals surface area contributed by atoms with Crippen molar-refractivity contribution in [1.29, 1.82) is 0 Å². The van der Waals surface area contributed by atoms with E-state index in [0.717, 1.165) is 11.3 Å². The van der Waals surface area contributed by atoms with Crippen LogP contribution in [-0.4, -0.2) is 55.1 Å². The molecule has 3 N–H and O–H groups in total. The van der Waals surface area contributed by atoms with Crippen molar-refractivity contribution in [2.75, 3.05) is 36.6 Å². The number of carbonyl (C=O) groups excluding carboxylic acids is 1. The van der Waals surface area contributed by atoms with E-state index in [4.69, 9.17) is 11.6 Å². The molecule has 3 rings (SSSR count). The van der Waals surface area contributed by atoms with Gasteiger partial charge in [-0.2, -0.15) is 4.98 Å². The third-order valence-corrected chi connectivity index (χ3v) is 8.34. The highest BCUT2D eigenvalue weighted by Gasteiger charge is 2.25. The van der Waals surface area contributed by atoms with Crippen LogP contribution in [-0.2, 0) is 14.6 Å². The van der Waals surface area contributed by atoms with Crippen molar-refractivity contribution in [2.24, 2.45) is 0 Å². The van der Waals surface area contributed by atoms with Crippen LogP contribution in [0.1, 0.15) is 13.8 Å². The summed E-state index contributed by atoms with van der Waals surface area (Å²) in [6.07, 6.45) is 1.43. The third-order valence-electron chi connectivity index (χ3n) is 4.39. The van der Waals surface area contributed by atoms with Crippen LogP contribution >= 0.6 is 22.9 Å². The van der Waals surface area contributed by atoms with Crippen LogP contribution in [0, 0.1) is 0 Å². The van der Waals surface area contributed by atoms with Crippen molar-refractivity contribution in [1.82, 2.24) is 14.9 Å². The van der Waals surface area contributed by atoms with Gasteiger partial charge in [0.25, 0.3) is 0 Å². The summed E-state index contributed by atoms with van der Waals surface area (Å²) < 4.78 is 25.4. The second kappa shape index (κ2) is 10.5. The number of likely N-dealkylation sites (N-methyl/N-ethyl adjacent to an activating group) is 1. The molecular formula is C21H25ClN6O3S2. The number of aromatic nitrogens is 2. The van der Waals surface area contributed by atoms with E-state index in [1.807, 2.05) is 14.1 Å². The Morgan fingerprint density at radius 2 is 1.79 bits per heavy atom. The molecule has 0 saturated heterocycles. The zero-order chi connectivity index (χ0) is 24.2. The van der Waals surface area contributed by atoms with Crippen LogP contribution in [0.2, 0.25) is 5.02 Å². The average molecular weight is 509 g/mol. The molecule has 3 aromatic rings. The fraction of sp³-hybridized carbons (Fsp3) is 0.286. The second-order valence-electron chi connectivity index (χ2n) is 7.72. The van der Waals surface area contributed by atoms with E-state index in [2.05, 4.69) is 25.9 Å². The number of thiophene rings is 1. The quantitative estimate of drug-likeness (QED) is 0.390. The molecule has 0 aliphatic rings. The Labute approximate surface area is 202 Å². The van der Waals surface area contributed by atoms with E-state index in [-0.39, 0.29) is 26.9 Å². The lowest BCUT2D eigenvalue weighted by Crippen LogP contribution is -2.27. The van der Waals surface area contributed by atoms with Crippen LogP contribution in [0.4, 0.5) is 28.8 Å². The first-order valence-corrected chi connectivity index (χ1v) is 12.8. The van der Waals surface area contributed by atoms with Gasteiger partial charge in [0.1, 0.15) is 9.23 Å². The van der Waals surface area contributed by atoms with Gasteiger partial charge >= 0.3 is 0 Å². The van der Waals surface area contributed by atoms with Gasteiger partial charge in [0.15, 0.2) is 15.7 Å². The van der Waals surface area contributed by atoms with Crippen LogP contribution in [0.5, 0.6) is 0 Å². The summed E-state index contributed by atoms with van der Waals surface area (Å²) >= 11 is 7.39. The van der Waals surface area contributed by atoms with Crippen LogP contribution in [0.25, 0.3) is 0 Å². The minimum absolute atomic E-state index is 0.107. The molecule has 9 nitrogen and oxygen atoms in total. The Hall–Kier alpha value is -2.73. The van der Waals surface area contributed by atoms with Crippen molar-refractivity contribution in [3.05, 3.63) is 46.9 Å². The molecule has 0 saturated carbocycles. The monoisotopic (exact) mass is 508 g/mol. The predicted octanol–water partition coefficient (Wildman–Crippen LogP) is 4.36. The average Bonchev–Trinajstić information content (AvgIpc) is 3.20. The Bertz CT molecular complexity index is 1230. The normalized spacial score (nSPS) is 11.6. The lowest BCUT2D eigenvalue weighted by atomic mass is 10.3. The SMILES string of the molecule is CC(C)S(=O)(=O)c1sccc1Nc1nc(Nc2ccc(NC(=O)CN(C)C)cc2)ncc1Cl. The molecule has 2 heterocycles. The summed E-state index contributed by atoms with van der Waals surface area (Å²) in [4.78, 5) is 22.2. The number of benzene rings is 1. The third kappa shape index (κ3) is 6.41. The maximum absolute atomic E-state index is 12.6. The predicted molar refractivity (Wildman–Crippen MR) is 134 cm³/mol. The molecule has 0 bridgehead atoms. The summed E-state index contributed by atoms with van der Waals surface area (Å²) in [5.41, 5.74) is 1.79. The van der Waals surface area contributed by atoms with E-state index < -0.39 is 15.1 Å². The highest BCUT2D eigenvalue weighted by atomic mass is 35.5. The number of nitrogens with one attached hydrogen (secondary N) is 3. The zero-order valence-corrected chi connectivity index (χ0v) is 21.0. The van der Waals surface area contributed by atoms with E-state index >= 15 is 0 Å². The topological polar surface area (TPSA) is 116 Å². The summed E-state index contributed by atoms with van der Waals surface area (Å²) in [7, 11) is 0.193. The molecule has 0 aliphatic heterocycles. The van der Waals surface area contributed by atoms with Gasteiger partial charge in [0.05, 0.1) is 23.7 Å². The molecule has 12 heteroatoms. The van der Waals surface area contributed by atoms with Gasteiger partial charge in [-0.05, 0) is 63.7 Å². The Kier molecular flexibility index (Phi) is 7.90. The molecule has 1 aromatic carbocycles. The Morgan fingerprint density at radius 1 is 1.12 bits per heavy atom. The minimum Gasteiger partial charge on any atom is -0.337 e. The van der Waals surface area contributed by atoms with Gasteiger partial charge in [-0.1, -0.05) is 11.6 Å². The van der Waals surface area contributed by atoms with Crippen LogP contribution in [0.15, 0.2) is 46.1 Å². The van der Waals surface area contributed by atoms with E-state index in [1.165, 1.54) is 6.20 Å². The van der Waals surface area contributed by atoms with E-state index in [1.54, 1.807) is 54.5 Å². The first-order chi connectivity index (χ1) is 15.6. The fourth-order valence-electron chi connectivity index (χ4n) is 2.72. The van der Waals surface area contributed by atoms with Crippen molar-refractivity contribution in [3.63, 3.8) is 0 Å². The Balaban J connectivity index is 1.74. The Morgan fingerprint density at radius 3 is 2.42 bits per heavy atom. The number of anilines is 5. The summed E-state index contributed by atoms with van der Waals surface area (Å²) in [6.45, 7) is 3.56. The summed E-state index contributed by atoms with van der Waals surface area (Å²) in [6, 6.07) is 8.76. The molecule has 0 atom stereocenters. The first-order valence-electron chi connectivity index (χ1n) is 9.99. The van der Waals surface area contributed by atoms with Gasteiger partial charge in [-0.25, -0.2) is 13.4 Å². The molecule has 0 spiro atoms. The maximum Gasteiger partial charge on any atom is 0.238 e. The molecule has 0 radical (unpaired) electrons. The van der Waals surface area contributed by atoms with Gasteiger partial charge in [0.2, 0.25) is 11.9 Å². The molecule has 2 aromatic heterocycles. The van der Waals surface area contributed by atoms with E-state index in [9.17, 15) is 13.2 Å². The van der Waals surface area contributed by atoms with Crippen LogP contribution in [0.3, 0.4) is 0 Å². The minimum atomic E-state index is -3.45. The summed E-state index contributed by atoms with van der Waals surface area (Å²) in [5, 5.41) is 10.3. The number of hydrogen-bond acceptors (Lipinski definition) is 9. The van der Waals surface area contributed by atoms with Gasteiger partial charge in [-0.3, -0.25) is 4.79 Å². The molecule has 0 fully saturated rings. The lowest BCUT2D eigenvalue weighted by molar-refractivity contribution is -0.116. The highest BCUT2D eigenvalue weighted by molar-refractivity contribution is 7.94. The lowest BCUT2D eigenvalue weighted by Gasteiger charge is -2.13. The van der Waals surface area contributed by atoms with Crippen molar-refractivity contribution in [2.45, 2.75) is 23.3 Å². The summed E-state index contributed by atoms with van der Waals surface area (Å²) in [5.74, 6) is 0.444. The second-order valence-corrected chi connectivity index (χ2v) is 11.7. The maximum atomic E-state index is 12.6. The first kappa shape index (κ1) is 24.9. The van der Waals surface area contributed by atoms with Crippen molar-refractivity contribution < 1.29 is 13.2 Å². The molecule has 0 aliphatic carbocycles.